The van der Waals surface area contributed by atoms with Gasteiger partial charge in [0, 0.05) is 16.8 Å². The molecule has 1 amide bonds. The lowest BCUT2D eigenvalue weighted by molar-refractivity contribution is -0.153. The van der Waals surface area contributed by atoms with Crippen molar-refractivity contribution in [2.45, 2.75) is 52.7 Å². The molecule has 2 atom stereocenters. The minimum Gasteiger partial charge on any atom is -0.451 e. The quantitative estimate of drug-likeness (QED) is 0.752. The lowest BCUT2D eigenvalue weighted by Gasteiger charge is -2.18. The van der Waals surface area contributed by atoms with Crippen LogP contribution in [0.2, 0.25) is 0 Å². The lowest BCUT2D eigenvalue weighted by atomic mass is 9.97. The van der Waals surface area contributed by atoms with Crippen molar-refractivity contribution in [1.82, 2.24) is 4.57 Å². The zero-order chi connectivity index (χ0) is 19.3. The highest BCUT2D eigenvalue weighted by Gasteiger charge is 2.20. The van der Waals surface area contributed by atoms with E-state index in [1.807, 2.05) is 24.3 Å². The summed E-state index contributed by atoms with van der Waals surface area (Å²) < 4.78 is 6.52. The summed E-state index contributed by atoms with van der Waals surface area (Å²) in [7, 11) is 0. The monoisotopic (exact) mass is 376 g/mol. The van der Waals surface area contributed by atoms with E-state index in [9.17, 15) is 14.4 Å². The molecule has 2 aromatic rings. The predicted molar refractivity (Wildman–Crippen MR) is 103 cm³/mol. The highest BCUT2D eigenvalue weighted by Crippen LogP contribution is 2.26. The van der Waals surface area contributed by atoms with Crippen molar-refractivity contribution in [2.24, 2.45) is 0 Å². The summed E-state index contributed by atoms with van der Waals surface area (Å²) in [6, 6.07) is 7.60. The molecule has 7 heteroatoms. The number of para-hydroxylation sites is 1. The van der Waals surface area contributed by atoms with Gasteiger partial charge < -0.3 is 10.1 Å². The Hall–Kier alpha value is -2.41. The third kappa shape index (κ3) is 4.82. The van der Waals surface area contributed by atoms with Gasteiger partial charge in [0.15, 0.2) is 6.10 Å². The van der Waals surface area contributed by atoms with Crippen LogP contribution in [0.3, 0.4) is 0 Å². The third-order valence-electron chi connectivity index (χ3n) is 4.30. The third-order valence-corrected chi connectivity index (χ3v) is 5.18. The van der Waals surface area contributed by atoms with Gasteiger partial charge in [0.05, 0.1) is 0 Å². The topological polar surface area (TPSA) is 77.4 Å². The Kier molecular flexibility index (Phi) is 6.74. The van der Waals surface area contributed by atoms with Gasteiger partial charge in [-0.25, -0.2) is 0 Å². The highest BCUT2D eigenvalue weighted by molar-refractivity contribution is 7.07. The summed E-state index contributed by atoms with van der Waals surface area (Å²) in [5, 5.41) is 4.51. The number of amides is 1. The number of thiazole rings is 1. The smallest absolute Gasteiger partial charge is 0.326 e. The SMILES string of the molecule is CC[C@H](C)c1ccccc1NC(=O)[C@H](C)OC(=O)Cn1c(C)csc1=O. The van der Waals surface area contributed by atoms with Crippen molar-refractivity contribution in [2.75, 3.05) is 5.32 Å². The van der Waals surface area contributed by atoms with Crippen LogP contribution in [0.15, 0.2) is 34.4 Å². The van der Waals surface area contributed by atoms with Crippen LogP contribution in [-0.4, -0.2) is 22.5 Å². The maximum absolute atomic E-state index is 12.4. The number of ether oxygens (including phenoxy) is 1. The van der Waals surface area contributed by atoms with Gasteiger partial charge in [-0.1, -0.05) is 43.4 Å². The molecule has 1 aromatic heterocycles. The number of aryl methyl sites for hydroxylation is 1. The van der Waals surface area contributed by atoms with E-state index in [1.54, 1.807) is 12.3 Å². The average Bonchev–Trinajstić information content (AvgIpc) is 2.93. The second-order valence-electron chi connectivity index (χ2n) is 6.25. The number of carbonyl (C=O) groups is 2. The molecule has 0 aliphatic heterocycles. The molecule has 0 aliphatic rings. The molecule has 140 valence electrons. The first-order chi connectivity index (χ1) is 12.3. The van der Waals surface area contributed by atoms with Crippen molar-refractivity contribution in [3.05, 3.63) is 50.6 Å². The number of rotatable bonds is 7. The van der Waals surface area contributed by atoms with Gasteiger partial charge in [-0.05, 0) is 37.8 Å². The van der Waals surface area contributed by atoms with Crippen molar-refractivity contribution >= 4 is 28.9 Å². The van der Waals surface area contributed by atoms with E-state index in [4.69, 9.17) is 4.74 Å². The van der Waals surface area contributed by atoms with Gasteiger partial charge in [-0.2, -0.15) is 0 Å². The number of nitrogens with zero attached hydrogens (tertiary/aromatic N) is 1. The zero-order valence-corrected chi connectivity index (χ0v) is 16.3. The molecule has 26 heavy (non-hydrogen) atoms. The molecule has 1 heterocycles. The summed E-state index contributed by atoms with van der Waals surface area (Å²) >= 11 is 1.03. The molecule has 0 aliphatic carbocycles. The summed E-state index contributed by atoms with van der Waals surface area (Å²) in [4.78, 5) is 35.9. The van der Waals surface area contributed by atoms with E-state index < -0.39 is 18.0 Å². The number of esters is 1. The summed E-state index contributed by atoms with van der Waals surface area (Å²) in [5.41, 5.74) is 2.46. The number of hydrogen-bond donors (Lipinski definition) is 1. The molecule has 0 radical (unpaired) electrons. The van der Waals surface area contributed by atoms with E-state index in [0.29, 0.717) is 11.6 Å². The number of nitrogens with one attached hydrogen (secondary N) is 1. The maximum Gasteiger partial charge on any atom is 0.326 e. The molecule has 6 nitrogen and oxygen atoms in total. The van der Waals surface area contributed by atoms with Crippen molar-refractivity contribution in [1.29, 1.82) is 0 Å². The molecule has 0 saturated heterocycles. The van der Waals surface area contributed by atoms with Crippen LogP contribution < -0.4 is 10.2 Å². The Morgan fingerprint density at radius 3 is 2.58 bits per heavy atom. The van der Waals surface area contributed by atoms with Crippen LogP contribution in [0.4, 0.5) is 5.69 Å². The van der Waals surface area contributed by atoms with Gasteiger partial charge >= 0.3 is 10.8 Å². The van der Waals surface area contributed by atoms with Crippen molar-refractivity contribution in [3.8, 4) is 0 Å². The molecule has 0 bridgehead atoms. The number of anilines is 1. The van der Waals surface area contributed by atoms with Gasteiger partial charge in [0.25, 0.3) is 5.91 Å². The maximum atomic E-state index is 12.4. The van der Waals surface area contributed by atoms with Gasteiger partial charge in [-0.15, -0.1) is 0 Å². The standard InChI is InChI=1S/C19H24N2O4S/c1-5-12(2)15-8-6-7-9-16(15)20-18(23)14(4)25-17(22)10-21-13(3)11-26-19(21)24/h6-9,11-12,14H,5,10H2,1-4H3,(H,20,23)/t12-,14-/m0/s1. The minimum atomic E-state index is -0.956. The van der Waals surface area contributed by atoms with Gasteiger partial charge in [-0.3, -0.25) is 19.0 Å². The van der Waals surface area contributed by atoms with Crippen molar-refractivity contribution in [3.63, 3.8) is 0 Å². The second kappa shape index (κ2) is 8.80. The van der Waals surface area contributed by atoms with Crippen LogP contribution >= 0.6 is 11.3 Å². The number of carbonyl (C=O) groups excluding carboxylic acids is 2. The Morgan fingerprint density at radius 1 is 1.27 bits per heavy atom. The van der Waals surface area contributed by atoms with E-state index in [1.165, 1.54) is 11.5 Å². The number of benzene rings is 1. The Balaban J connectivity index is 2.00. The predicted octanol–water partition coefficient (Wildman–Crippen LogP) is 3.30. The van der Waals surface area contributed by atoms with E-state index in [-0.39, 0.29) is 11.4 Å². The summed E-state index contributed by atoms with van der Waals surface area (Å²) in [6.45, 7) is 7.24. The molecule has 0 spiro atoms. The first-order valence-electron chi connectivity index (χ1n) is 8.57. The van der Waals surface area contributed by atoms with E-state index >= 15 is 0 Å². The van der Waals surface area contributed by atoms with Crippen LogP contribution in [-0.2, 0) is 20.9 Å². The Bertz CT molecular complexity index is 840. The normalized spacial score (nSPS) is 13.1. The molecule has 0 fully saturated rings. The molecule has 1 aromatic carbocycles. The highest BCUT2D eigenvalue weighted by atomic mass is 32.1. The molecule has 1 N–H and O–H groups in total. The Labute approximate surface area is 156 Å². The fraction of sp³-hybridized carbons (Fsp3) is 0.421. The van der Waals surface area contributed by atoms with E-state index in [2.05, 4.69) is 19.2 Å². The summed E-state index contributed by atoms with van der Waals surface area (Å²) in [5.74, 6) is -0.715. The second-order valence-corrected chi connectivity index (χ2v) is 7.07. The molecule has 0 saturated carbocycles. The first-order valence-corrected chi connectivity index (χ1v) is 9.45. The number of hydrogen-bond acceptors (Lipinski definition) is 5. The average molecular weight is 376 g/mol. The van der Waals surface area contributed by atoms with Crippen LogP contribution in [0.1, 0.15) is 44.4 Å². The first kappa shape index (κ1) is 19.9. The largest absolute Gasteiger partial charge is 0.451 e. The zero-order valence-electron chi connectivity index (χ0n) is 15.4. The van der Waals surface area contributed by atoms with Gasteiger partial charge in [0.1, 0.15) is 6.54 Å². The van der Waals surface area contributed by atoms with Crippen molar-refractivity contribution < 1.29 is 14.3 Å². The molecule has 2 rings (SSSR count). The van der Waals surface area contributed by atoms with E-state index in [0.717, 1.165) is 29.0 Å². The molecular weight excluding hydrogens is 352 g/mol. The minimum absolute atomic E-state index is 0.199. The lowest BCUT2D eigenvalue weighted by Crippen LogP contribution is -2.32. The van der Waals surface area contributed by atoms with Crippen LogP contribution in [0, 0.1) is 6.92 Å². The van der Waals surface area contributed by atoms with Crippen LogP contribution in [0.25, 0.3) is 0 Å². The fourth-order valence-corrected chi connectivity index (χ4v) is 3.24. The fourth-order valence-electron chi connectivity index (χ4n) is 2.51. The Morgan fingerprint density at radius 2 is 1.96 bits per heavy atom. The molecule has 0 unspecified atom stereocenters. The van der Waals surface area contributed by atoms with Gasteiger partial charge in [0.2, 0.25) is 0 Å². The number of aromatic nitrogens is 1. The summed E-state index contributed by atoms with van der Waals surface area (Å²) in [6.07, 6.45) is -0.00580. The molecular formula is C19H24N2O4S. The van der Waals surface area contributed by atoms with Crippen LogP contribution in [0.5, 0.6) is 0 Å².